The zero-order chi connectivity index (χ0) is 20.8. The first-order valence-corrected chi connectivity index (χ1v) is 11.8. The molecular weight excluding hydrogens is 408 g/mol. The largest absolute Gasteiger partial charge is 0.381 e. The molecule has 154 valence electrons. The number of hydrogen-bond acceptors (Lipinski definition) is 8. The summed E-state index contributed by atoms with van der Waals surface area (Å²) >= 11 is 0. The smallest absolute Gasteiger partial charge is 0.306 e. The lowest BCUT2D eigenvalue weighted by Crippen LogP contribution is -2.42. The second kappa shape index (κ2) is 9.33. The molecule has 1 aliphatic rings. The number of amides is 1. The summed E-state index contributed by atoms with van der Waals surface area (Å²) in [5.41, 5.74) is 0. The van der Waals surface area contributed by atoms with Gasteiger partial charge in [0.05, 0.1) is 18.9 Å². The molecule has 1 aliphatic heterocycles. The molecule has 1 heterocycles. The lowest BCUT2D eigenvalue weighted by molar-refractivity contribution is -0.130. The third kappa shape index (κ3) is 6.16. The van der Waals surface area contributed by atoms with Gasteiger partial charge in [-0.15, -0.1) is 0 Å². The van der Waals surface area contributed by atoms with Gasteiger partial charge >= 0.3 is 10.1 Å². The fraction of sp³-hybridized carbons (Fsp3) is 0.500. The van der Waals surface area contributed by atoms with Crippen LogP contribution >= 0.6 is 0 Å². The van der Waals surface area contributed by atoms with E-state index in [1.54, 1.807) is 0 Å². The number of nitriles is 1. The van der Waals surface area contributed by atoms with E-state index >= 15 is 0 Å². The molecule has 12 heteroatoms. The van der Waals surface area contributed by atoms with Crippen LogP contribution in [0.2, 0.25) is 0 Å². The number of nitrogens with one attached hydrogen (secondary N) is 2. The van der Waals surface area contributed by atoms with E-state index in [9.17, 15) is 21.6 Å². The molecule has 1 aromatic rings. The van der Waals surface area contributed by atoms with E-state index in [1.807, 2.05) is 0 Å². The first kappa shape index (κ1) is 22.1. The molecule has 0 aromatic heterocycles. The van der Waals surface area contributed by atoms with Gasteiger partial charge in [0.15, 0.2) is 5.75 Å². The third-order valence-corrected chi connectivity index (χ3v) is 5.95. The van der Waals surface area contributed by atoms with Crippen LogP contribution in [0.15, 0.2) is 29.2 Å². The van der Waals surface area contributed by atoms with Crippen molar-refractivity contribution >= 4 is 26.0 Å². The van der Waals surface area contributed by atoms with Crippen LogP contribution in [0.25, 0.3) is 0 Å². The van der Waals surface area contributed by atoms with E-state index in [0.29, 0.717) is 13.0 Å². The van der Waals surface area contributed by atoms with Crippen molar-refractivity contribution in [2.24, 2.45) is 0 Å². The van der Waals surface area contributed by atoms with Crippen molar-refractivity contribution in [2.45, 2.75) is 23.8 Å². The molecule has 1 amide bonds. The Morgan fingerprint density at radius 1 is 1.29 bits per heavy atom. The number of nitrogens with zero attached hydrogens (tertiary/aromatic N) is 2. The maximum atomic E-state index is 12.4. The molecule has 10 nitrogen and oxygen atoms in total. The van der Waals surface area contributed by atoms with Gasteiger partial charge in [0.25, 0.3) is 0 Å². The Labute approximate surface area is 164 Å². The van der Waals surface area contributed by atoms with Gasteiger partial charge in [-0.05, 0) is 25.0 Å². The summed E-state index contributed by atoms with van der Waals surface area (Å²) in [4.78, 5) is 13.3. The Balaban J connectivity index is 1.86. The highest BCUT2D eigenvalue weighted by molar-refractivity contribution is 7.89. The van der Waals surface area contributed by atoms with Gasteiger partial charge in [-0.3, -0.25) is 4.79 Å². The molecule has 2 N–H and O–H groups in total. The molecule has 1 saturated heterocycles. The van der Waals surface area contributed by atoms with Crippen molar-refractivity contribution in [3.63, 3.8) is 0 Å². The SMILES string of the molecule is CS(=O)(=O)Oc1ccccc1S(=O)(=O)NCCNCC(=O)N1CCC[C@H]1C#N. The van der Waals surface area contributed by atoms with Crippen LogP contribution in [0.4, 0.5) is 0 Å². The van der Waals surface area contributed by atoms with E-state index in [2.05, 4.69) is 16.1 Å². The Hall–Kier alpha value is -2.20. The Kier molecular flexibility index (Phi) is 7.36. The average Bonchev–Trinajstić information content (AvgIpc) is 3.09. The summed E-state index contributed by atoms with van der Waals surface area (Å²) in [6.45, 7) is 0.686. The third-order valence-electron chi connectivity index (χ3n) is 3.97. The molecule has 2 rings (SSSR count). The Bertz CT molecular complexity index is 956. The molecule has 0 aliphatic carbocycles. The van der Waals surface area contributed by atoms with Gasteiger partial charge in [0.1, 0.15) is 10.9 Å². The Morgan fingerprint density at radius 2 is 2.00 bits per heavy atom. The average molecular weight is 431 g/mol. The van der Waals surface area contributed by atoms with Crippen molar-refractivity contribution in [1.82, 2.24) is 14.9 Å². The number of rotatable bonds is 9. The fourth-order valence-electron chi connectivity index (χ4n) is 2.75. The summed E-state index contributed by atoms with van der Waals surface area (Å²) in [5, 5.41) is 11.8. The van der Waals surface area contributed by atoms with Crippen molar-refractivity contribution in [2.75, 3.05) is 32.4 Å². The molecule has 0 saturated carbocycles. The number of benzene rings is 1. The number of hydrogen-bond donors (Lipinski definition) is 2. The molecule has 1 aromatic carbocycles. The molecule has 0 unspecified atom stereocenters. The molecule has 28 heavy (non-hydrogen) atoms. The van der Waals surface area contributed by atoms with E-state index in [4.69, 9.17) is 9.44 Å². The monoisotopic (exact) mass is 430 g/mol. The van der Waals surface area contributed by atoms with Gasteiger partial charge in [-0.25, -0.2) is 13.1 Å². The van der Waals surface area contributed by atoms with Gasteiger partial charge in [0.2, 0.25) is 15.9 Å². The van der Waals surface area contributed by atoms with Gasteiger partial charge in [0, 0.05) is 19.6 Å². The summed E-state index contributed by atoms with van der Waals surface area (Å²) in [6, 6.07) is 7.06. The molecular formula is C16H22N4O6S2. The topological polar surface area (TPSA) is 146 Å². The van der Waals surface area contributed by atoms with E-state index in [0.717, 1.165) is 12.7 Å². The minimum Gasteiger partial charge on any atom is -0.381 e. The lowest BCUT2D eigenvalue weighted by Gasteiger charge is -2.19. The zero-order valence-electron chi connectivity index (χ0n) is 15.3. The van der Waals surface area contributed by atoms with Crippen LogP contribution < -0.4 is 14.2 Å². The molecule has 0 spiro atoms. The van der Waals surface area contributed by atoms with E-state index in [1.165, 1.54) is 29.2 Å². The van der Waals surface area contributed by atoms with Gasteiger partial charge in [-0.2, -0.15) is 13.7 Å². The van der Waals surface area contributed by atoms with Crippen LogP contribution in [-0.2, 0) is 24.9 Å². The van der Waals surface area contributed by atoms with Gasteiger partial charge < -0.3 is 14.4 Å². The normalized spacial score (nSPS) is 17.3. The minimum atomic E-state index is -4.01. The predicted octanol–water partition coefficient (Wildman–Crippen LogP) is -0.593. The summed E-state index contributed by atoms with van der Waals surface area (Å²) in [6.07, 6.45) is 2.28. The number of likely N-dealkylation sites (tertiary alicyclic amines) is 1. The van der Waals surface area contributed by atoms with E-state index in [-0.39, 0.29) is 36.2 Å². The maximum Gasteiger partial charge on any atom is 0.306 e. The standard InChI is InChI=1S/C16H22N4O6S2/c1-27(22,23)26-14-6-2-3-7-15(14)28(24,25)19-9-8-18-12-16(21)20-10-4-5-13(20)11-17/h2-3,6-7,13,18-19H,4-5,8-10,12H2,1H3/t13-/m0/s1. The number of carbonyl (C=O) groups excluding carboxylic acids is 1. The predicted molar refractivity (Wildman–Crippen MR) is 100 cm³/mol. The highest BCUT2D eigenvalue weighted by Crippen LogP contribution is 2.24. The van der Waals surface area contributed by atoms with E-state index < -0.39 is 26.2 Å². The zero-order valence-corrected chi connectivity index (χ0v) is 16.9. The second-order valence-electron chi connectivity index (χ2n) is 6.18. The van der Waals surface area contributed by atoms with Crippen molar-refractivity contribution in [3.8, 4) is 11.8 Å². The maximum absolute atomic E-state index is 12.4. The number of para-hydroxylation sites is 1. The Morgan fingerprint density at radius 3 is 2.68 bits per heavy atom. The van der Waals surface area contributed by atoms with Crippen LogP contribution in [0.5, 0.6) is 5.75 Å². The highest BCUT2D eigenvalue weighted by Gasteiger charge is 2.28. The summed E-state index contributed by atoms with van der Waals surface area (Å²) in [7, 11) is -7.89. The van der Waals surface area contributed by atoms with Gasteiger partial charge in [-0.1, -0.05) is 12.1 Å². The molecule has 0 radical (unpaired) electrons. The first-order chi connectivity index (χ1) is 13.1. The van der Waals surface area contributed by atoms with Crippen molar-refractivity contribution < 1.29 is 25.8 Å². The van der Waals surface area contributed by atoms with Crippen molar-refractivity contribution in [1.29, 1.82) is 5.26 Å². The van der Waals surface area contributed by atoms with Crippen LogP contribution in [0, 0.1) is 11.3 Å². The van der Waals surface area contributed by atoms with Crippen molar-refractivity contribution in [3.05, 3.63) is 24.3 Å². The first-order valence-electron chi connectivity index (χ1n) is 8.52. The van der Waals surface area contributed by atoms with Crippen LogP contribution in [0.3, 0.4) is 0 Å². The molecule has 1 atom stereocenters. The number of sulfonamides is 1. The quantitative estimate of drug-likeness (QED) is 0.390. The van der Waals surface area contributed by atoms with Crippen LogP contribution in [-0.4, -0.2) is 66.1 Å². The lowest BCUT2D eigenvalue weighted by atomic mass is 10.2. The highest BCUT2D eigenvalue weighted by atomic mass is 32.2. The minimum absolute atomic E-state index is 0.00627. The fourth-order valence-corrected chi connectivity index (χ4v) is 4.43. The summed E-state index contributed by atoms with van der Waals surface area (Å²) in [5.74, 6) is -0.504. The summed E-state index contributed by atoms with van der Waals surface area (Å²) < 4.78 is 54.4. The van der Waals surface area contributed by atoms with Crippen LogP contribution in [0.1, 0.15) is 12.8 Å². The number of carbonyl (C=O) groups is 1. The molecule has 1 fully saturated rings. The second-order valence-corrected chi connectivity index (χ2v) is 9.49. The molecule has 0 bridgehead atoms.